The van der Waals surface area contributed by atoms with E-state index in [1.807, 2.05) is 117 Å². The van der Waals surface area contributed by atoms with Crippen molar-refractivity contribution in [2.75, 3.05) is 93.7 Å². The summed E-state index contributed by atoms with van der Waals surface area (Å²) in [6.45, 7) is 39.3. The number of rotatable bonds is 13. The number of H-pyrrole nitrogens is 1. The first-order chi connectivity index (χ1) is 41.3. The molecule has 9 rings (SSSR count). The van der Waals surface area contributed by atoms with Crippen LogP contribution < -0.4 is 26.6 Å². The Kier molecular flexibility index (Phi) is 36.5. The molecule has 0 aliphatic carbocycles. The zero-order chi connectivity index (χ0) is 64.2. The van der Waals surface area contributed by atoms with Gasteiger partial charge in [0.05, 0.1) is 16.8 Å². The van der Waals surface area contributed by atoms with Crippen molar-refractivity contribution in [1.29, 1.82) is 0 Å². The summed E-state index contributed by atoms with van der Waals surface area (Å²) in [5, 5.41) is 18.4. The van der Waals surface area contributed by atoms with Crippen LogP contribution in [0.1, 0.15) is 135 Å². The smallest absolute Gasteiger partial charge is 0.410 e. The molecule has 4 aliphatic heterocycles. The Labute approximate surface area is 562 Å². The van der Waals surface area contributed by atoms with E-state index in [4.69, 9.17) is 25.1 Å². The van der Waals surface area contributed by atoms with Crippen LogP contribution in [-0.2, 0) is 47.7 Å². The first-order valence-electron chi connectivity index (χ1n) is 31.3. The molecule has 3 amide bonds. The van der Waals surface area contributed by atoms with Gasteiger partial charge in [0.1, 0.15) is 22.5 Å². The van der Waals surface area contributed by atoms with Crippen LogP contribution in [0.5, 0.6) is 0 Å². The van der Waals surface area contributed by atoms with Gasteiger partial charge in [-0.1, -0.05) is 97.1 Å². The minimum absolute atomic E-state index is 0. The summed E-state index contributed by atoms with van der Waals surface area (Å²) in [6, 6.07) is 26.1. The summed E-state index contributed by atoms with van der Waals surface area (Å²) in [5.41, 5.74) is 11.0. The van der Waals surface area contributed by atoms with Crippen molar-refractivity contribution in [2.24, 2.45) is 0 Å². The second-order valence-corrected chi connectivity index (χ2v) is 26.3. The number of pyridine rings is 1. The molecule has 7 heterocycles. The number of nitrogens with two attached hydrogens (primary N) is 1. The standard InChI is InChI=1S/C18H28N2O2.C17H21N7.C16H24N2O2.C11H22N2O2.C2H5I.C2H6O.CH3.Pd.H2/c1-5-20(17(21)22-18(2,3)4)16-11-12-19(14-16)13-15-9-7-6-8-10-15;1-2-19-11-5-8-24(10-11)14-4-7-20-16-15(14)12(9-22-16)13-3-6-21-17(18)23-13;1-16(2,3)20-15(19)17-14-9-10-18(12-14)11-13-7-5-4-6-8-13;1-5-13(9-6-7-12-8-9)10(14)15-11(2,3)4;2*1-2-3;;;/h6-10,16H,5,11-14H2,1-4H3;3-4,6-7,9,11,19H,2,5,8,10H2,1H3,(H,20,22)(H2,18,21,23);4-8,14H,9-12H2,1-3H3,(H,17,19);9,12H,5-8H2,1-4H3;2H2,1H3;3H,2H2,1H3;1H3;;1H/q;;;;;;-1;;/t16-;11-;14-;9-;;;;;/m0000...../s1. The normalized spacial score (nSPS) is 18.0. The van der Waals surface area contributed by atoms with Crippen molar-refractivity contribution in [3.8, 4) is 11.3 Å². The molecule has 4 atom stereocenters. The Hall–Kier alpha value is -5.19. The number of ether oxygens (including phenoxy) is 3. The quantitative estimate of drug-likeness (QED) is 0.0212. The van der Waals surface area contributed by atoms with Crippen LogP contribution in [0.15, 0.2) is 91.4 Å². The average Bonchev–Trinajstić information content (AvgIpc) is 1.90. The van der Waals surface area contributed by atoms with Crippen molar-refractivity contribution in [3.63, 3.8) is 0 Å². The summed E-state index contributed by atoms with van der Waals surface area (Å²) in [5.74, 6) is 0.278. The van der Waals surface area contributed by atoms with Crippen molar-refractivity contribution in [3.05, 3.63) is 110 Å². The average molecular weight is 1440 g/mol. The molecule has 7 N–H and O–H groups in total. The summed E-state index contributed by atoms with van der Waals surface area (Å²) in [6.07, 6.45) is 8.94. The van der Waals surface area contributed by atoms with E-state index in [0.717, 1.165) is 120 Å². The Morgan fingerprint density at radius 3 is 1.73 bits per heavy atom. The monoisotopic (exact) mass is 1440 g/mol. The number of hydrogen-bond acceptors (Lipinski definition) is 16. The maximum atomic E-state index is 12.3. The van der Waals surface area contributed by atoms with Gasteiger partial charge in [-0.15, -0.1) is 0 Å². The van der Waals surface area contributed by atoms with Gasteiger partial charge in [0.15, 0.2) is 0 Å². The number of likely N-dealkylation sites (N-methyl/N-ethyl adjacent to an activating group) is 3. The summed E-state index contributed by atoms with van der Waals surface area (Å²) >= 11 is 2.29. The minimum atomic E-state index is -0.438. The second-order valence-electron chi connectivity index (χ2n) is 24.8. The van der Waals surface area contributed by atoms with E-state index in [1.165, 1.54) is 21.2 Å². The Morgan fingerprint density at radius 1 is 0.708 bits per heavy atom. The van der Waals surface area contributed by atoms with Gasteiger partial charge in [0.25, 0.3) is 0 Å². The fourth-order valence-electron chi connectivity index (χ4n) is 10.5. The molecule has 3 aromatic heterocycles. The van der Waals surface area contributed by atoms with Gasteiger partial charge in [0, 0.05) is 149 Å². The SMILES string of the molecule is CC(C)(C)OC(=O)N[C@H]1CCN(Cc2ccccc2)C1.CCI.CCN(C(=O)OC(C)(C)C)[C@H]1CCN(Cc2ccccc2)C1.CCN(C(=O)OC(C)(C)C)[C@H]1CCNC1.CCN[C@H]1CCN(c2ccnc3[nH]cc(-c4ccnc(N)n4)c23)C1.CCO.[CH3-].[HH].[Pd]. The number of anilines is 2. The molecule has 22 heteroatoms. The van der Waals surface area contributed by atoms with E-state index in [-0.39, 0.29) is 72.2 Å². The number of benzene rings is 2. The fraction of sp³-hybridized carbons (Fsp3) is 0.597. The second kappa shape index (κ2) is 40.6. The van der Waals surface area contributed by atoms with Crippen molar-refractivity contribution >= 4 is 63.5 Å². The van der Waals surface area contributed by atoms with Crippen LogP contribution in [0.4, 0.5) is 26.0 Å². The van der Waals surface area contributed by atoms with E-state index >= 15 is 0 Å². The number of nitrogen functional groups attached to an aromatic ring is 1. The molecule has 5 aromatic rings. The number of nitrogens with one attached hydrogen (secondary N) is 4. The number of fused-ring (bicyclic) bond motifs is 1. The number of nitrogens with zero attached hydrogens (tertiary/aromatic N) is 8. The van der Waals surface area contributed by atoms with Gasteiger partial charge in [-0.2, -0.15) is 0 Å². The van der Waals surface area contributed by atoms with E-state index in [1.54, 1.807) is 13.1 Å². The molecule has 20 nitrogen and oxygen atoms in total. The minimum Gasteiger partial charge on any atom is -0.444 e. The van der Waals surface area contributed by atoms with Gasteiger partial charge < -0.3 is 68.1 Å². The van der Waals surface area contributed by atoms with Crippen LogP contribution in [0.3, 0.4) is 0 Å². The summed E-state index contributed by atoms with van der Waals surface area (Å²) in [7, 11) is 0. The Bertz CT molecular complexity index is 2760. The number of aromatic nitrogens is 4. The van der Waals surface area contributed by atoms with Gasteiger partial charge in [0.2, 0.25) is 5.95 Å². The van der Waals surface area contributed by atoms with Gasteiger partial charge in [-0.25, -0.2) is 29.3 Å². The molecule has 0 spiro atoms. The Balaban J connectivity index is 0.000000582. The zero-order valence-corrected chi connectivity index (χ0v) is 59.9. The van der Waals surface area contributed by atoms with Crippen molar-refractivity contribution in [1.82, 2.24) is 55.5 Å². The van der Waals surface area contributed by atoms with E-state index in [9.17, 15) is 14.4 Å². The number of carbonyl (C=O) groups is 3. The van der Waals surface area contributed by atoms with Crippen LogP contribution in [-0.4, -0.2) is 187 Å². The van der Waals surface area contributed by atoms with Crippen LogP contribution in [0, 0.1) is 7.43 Å². The van der Waals surface area contributed by atoms with Gasteiger partial charge >= 0.3 is 18.3 Å². The molecule has 0 saturated carbocycles. The first kappa shape index (κ1) is 79.9. The van der Waals surface area contributed by atoms with Gasteiger partial charge in [-0.05, 0) is 150 Å². The molecular formula is C67H111IN13O7Pd-. The van der Waals surface area contributed by atoms with Crippen molar-refractivity contribution < 1.29 is 55.6 Å². The number of aliphatic hydroxyl groups excluding tert-OH is 1. The topological polar surface area (TPSA) is 232 Å². The number of alkyl carbamates (subject to hydrolysis) is 1. The maximum absolute atomic E-state index is 12.3. The molecule has 4 aliphatic rings. The number of halogens is 1. The first-order valence-corrected chi connectivity index (χ1v) is 32.8. The van der Waals surface area contributed by atoms with E-state index in [2.05, 4.69) is 142 Å². The number of amides is 3. The summed E-state index contributed by atoms with van der Waals surface area (Å²) in [4.78, 5) is 62.8. The van der Waals surface area contributed by atoms with E-state index < -0.39 is 16.8 Å². The molecular weight excluding hydrogens is 1330 g/mol. The Morgan fingerprint density at radius 2 is 1.22 bits per heavy atom. The number of carbonyl (C=O) groups excluding carboxylic acids is 3. The predicted octanol–water partition coefficient (Wildman–Crippen LogP) is 11.8. The third kappa shape index (κ3) is 29.3. The molecule has 504 valence electrons. The van der Waals surface area contributed by atoms with Crippen LogP contribution in [0.2, 0.25) is 0 Å². The third-order valence-electron chi connectivity index (χ3n) is 14.1. The summed E-state index contributed by atoms with van der Waals surface area (Å²) < 4.78 is 17.4. The van der Waals surface area contributed by atoms with Crippen LogP contribution >= 0.6 is 22.6 Å². The van der Waals surface area contributed by atoms with Crippen LogP contribution in [0.25, 0.3) is 22.3 Å². The van der Waals surface area contributed by atoms with Gasteiger partial charge in [-0.3, -0.25) is 9.80 Å². The largest absolute Gasteiger partial charge is 0.444 e. The number of alkyl halides is 1. The molecule has 89 heavy (non-hydrogen) atoms. The number of aromatic amines is 1. The molecule has 0 bridgehead atoms. The molecule has 4 fully saturated rings. The van der Waals surface area contributed by atoms with E-state index in [0.29, 0.717) is 25.2 Å². The number of hydrogen-bond donors (Lipinski definition) is 6. The predicted molar refractivity (Wildman–Crippen MR) is 370 cm³/mol. The molecule has 0 radical (unpaired) electrons. The maximum Gasteiger partial charge on any atom is 0.410 e. The molecule has 0 unspecified atom stereocenters. The molecule has 4 saturated heterocycles. The number of likely N-dealkylation sites (tertiary alicyclic amines) is 2. The number of aliphatic hydroxyl groups is 1. The van der Waals surface area contributed by atoms with Crippen molar-refractivity contribution in [2.45, 2.75) is 177 Å². The fourth-order valence-corrected chi connectivity index (χ4v) is 10.5. The molecule has 2 aromatic carbocycles. The third-order valence-corrected chi connectivity index (χ3v) is 14.1. The zero-order valence-electron chi connectivity index (χ0n) is 56.2.